The molecule has 1 aromatic carbocycles. The predicted octanol–water partition coefficient (Wildman–Crippen LogP) is 2.30. The molecule has 0 saturated heterocycles. The average Bonchev–Trinajstić information content (AvgIpc) is 2.87. The van der Waals surface area contributed by atoms with Gasteiger partial charge in [0.1, 0.15) is 5.56 Å². The lowest BCUT2D eigenvalue weighted by molar-refractivity contribution is -0.384. The first-order valence-electron chi connectivity index (χ1n) is 5.83. The quantitative estimate of drug-likeness (QED) is 0.669. The molecule has 0 aliphatic heterocycles. The smallest absolute Gasteiger partial charge is 0.280 e. The summed E-state index contributed by atoms with van der Waals surface area (Å²) in [4.78, 5) is 14.6. The molecule has 0 fully saturated rings. The van der Waals surface area contributed by atoms with Crippen molar-refractivity contribution < 1.29 is 9.45 Å². The van der Waals surface area contributed by atoms with E-state index in [1.165, 1.54) is 6.07 Å². The van der Waals surface area contributed by atoms with Gasteiger partial charge in [0.25, 0.3) is 5.69 Å². The average molecular weight is 262 g/mol. The number of nitrogens with two attached hydrogens (primary N) is 1. The van der Waals surface area contributed by atoms with E-state index < -0.39 is 4.92 Å². The van der Waals surface area contributed by atoms with Gasteiger partial charge in [0.2, 0.25) is 11.7 Å². The van der Waals surface area contributed by atoms with Crippen LogP contribution in [0.15, 0.2) is 28.8 Å². The van der Waals surface area contributed by atoms with Gasteiger partial charge in [-0.05, 0) is 12.0 Å². The van der Waals surface area contributed by atoms with Crippen molar-refractivity contribution in [2.75, 3.05) is 0 Å². The Morgan fingerprint density at radius 2 is 2.05 bits per heavy atom. The van der Waals surface area contributed by atoms with Gasteiger partial charge in [-0.25, -0.2) is 0 Å². The summed E-state index contributed by atoms with van der Waals surface area (Å²) in [6.45, 7) is 3.86. The van der Waals surface area contributed by atoms with Crippen molar-refractivity contribution in [2.45, 2.75) is 19.9 Å². The van der Waals surface area contributed by atoms with Crippen LogP contribution in [-0.4, -0.2) is 15.1 Å². The van der Waals surface area contributed by atoms with Crippen LogP contribution in [0.4, 0.5) is 5.69 Å². The Kier molecular flexibility index (Phi) is 3.57. The van der Waals surface area contributed by atoms with Crippen molar-refractivity contribution in [1.82, 2.24) is 10.1 Å². The number of rotatable bonds is 4. The molecule has 100 valence electrons. The second-order valence-electron chi connectivity index (χ2n) is 4.50. The Labute approximate surface area is 109 Å². The highest BCUT2D eigenvalue weighted by Crippen LogP contribution is 2.28. The Morgan fingerprint density at radius 3 is 2.68 bits per heavy atom. The van der Waals surface area contributed by atoms with E-state index in [0.29, 0.717) is 5.56 Å². The fraction of sp³-hybridized carbons (Fsp3) is 0.333. The predicted molar refractivity (Wildman–Crippen MR) is 68.2 cm³/mol. The van der Waals surface area contributed by atoms with Gasteiger partial charge in [-0.15, -0.1) is 0 Å². The molecule has 1 unspecified atom stereocenters. The standard InChI is InChI=1S/C12H14N4O3/c1-7(2)10(13)12-14-11(15-19-12)8-5-3-4-6-9(8)16(17)18/h3-7,10H,13H2,1-2H3. The maximum absolute atomic E-state index is 10.9. The molecule has 1 aromatic heterocycles. The van der Waals surface area contributed by atoms with Gasteiger partial charge in [-0.3, -0.25) is 10.1 Å². The van der Waals surface area contributed by atoms with Crippen molar-refractivity contribution in [2.24, 2.45) is 11.7 Å². The minimum absolute atomic E-state index is 0.0621. The molecule has 2 rings (SSSR count). The van der Waals surface area contributed by atoms with E-state index in [9.17, 15) is 10.1 Å². The minimum Gasteiger partial charge on any atom is -0.337 e. The second kappa shape index (κ2) is 5.15. The number of nitro benzene ring substituents is 1. The highest BCUT2D eigenvalue weighted by Gasteiger charge is 2.22. The van der Waals surface area contributed by atoms with Crippen molar-refractivity contribution >= 4 is 5.69 Å². The van der Waals surface area contributed by atoms with E-state index in [2.05, 4.69) is 10.1 Å². The molecule has 7 nitrogen and oxygen atoms in total. The lowest BCUT2D eigenvalue weighted by atomic mass is 10.1. The highest BCUT2D eigenvalue weighted by atomic mass is 16.6. The molecule has 0 spiro atoms. The number of para-hydroxylation sites is 1. The molecule has 0 saturated carbocycles. The van der Waals surface area contributed by atoms with Crippen LogP contribution >= 0.6 is 0 Å². The third kappa shape index (κ3) is 2.60. The van der Waals surface area contributed by atoms with E-state index in [1.807, 2.05) is 13.8 Å². The molecular weight excluding hydrogens is 248 g/mol. The van der Waals surface area contributed by atoms with Crippen LogP contribution in [0.1, 0.15) is 25.8 Å². The maximum atomic E-state index is 10.9. The van der Waals surface area contributed by atoms with Crippen molar-refractivity contribution in [3.8, 4) is 11.4 Å². The first-order valence-corrected chi connectivity index (χ1v) is 5.83. The van der Waals surface area contributed by atoms with Crippen LogP contribution < -0.4 is 5.73 Å². The van der Waals surface area contributed by atoms with Gasteiger partial charge in [-0.2, -0.15) is 4.98 Å². The summed E-state index contributed by atoms with van der Waals surface area (Å²) in [7, 11) is 0. The first kappa shape index (κ1) is 13.2. The maximum Gasteiger partial charge on any atom is 0.280 e. The Hall–Kier alpha value is -2.28. The Bertz CT molecular complexity index is 594. The molecule has 0 amide bonds. The number of nitro groups is 1. The third-order valence-electron chi connectivity index (χ3n) is 2.79. The highest BCUT2D eigenvalue weighted by molar-refractivity contribution is 5.67. The van der Waals surface area contributed by atoms with Crippen molar-refractivity contribution in [1.29, 1.82) is 0 Å². The molecule has 19 heavy (non-hydrogen) atoms. The molecule has 0 aliphatic carbocycles. The van der Waals surface area contributed by atoms with Crippen LogP contribution in [0, 0.1) is 16.0 Å². The molecule has 0 aliphatic rings. The fourth-order valence-electron chi connectivity index (χ4n) is 1.59. The SMILES string of the molecule is CC(C)C(N)c1nc(-c2ccccc2[N+](=O)[O-])no1. The first-order chi connectivity index (χ1) is 9.00. The Balaban J connectivity index is 2.41. The number of benzene rings is 1. The van der Waals surface area contributed by atoms with Crippen molar-refractivity contribution in [3.05, 3.63) is 40.3 Å². The van der Waals surface area contributed by atoms with Gasteiger partial charge in [0.15, 0.2) is 0 Å². The van der Waals surface area contributed by atoms with Gasteiger partial charge >= 0.3 is 0 Å². The largest absolute Gasteiger partial charge is 0.337 e. The van der Waals surface area contributed by atoms with E-state index in [0.717, 1.165) is 0 Å². The van der Waals surface area contributed by atoms with Gasteiger partial charge in [-0.1, -0.05) is 31.1 Å². The summed E-state index contributed by atoms with van der Waals surface area (Å²) >= 11 is 0. The molecule has 2 N–H and O–H groups in total. The lowest BCUT2D eigenvalue weighted by Gasteiger charge is -2.09. The molecule has 2 aromatic rings. The number of aromatic nitrogens is 2. The molecule has 7 heteroatoms. The zero-order valence-electron chi connectivity index (χ0n) is 10.6. The number of nitrogens with zero attached hydrogens (tertiary/aromatic N) is 3. The van der Waals surface area contributed by atoms with Crippen LogP contribution in [0.3, 0.4) is 0 Å². The topological polar surface area (TPSA) is 108 Å². The van der Waals surface area contributed by atoms with E-state index in [1.54, 1.807) is 18.2 Å². The van der Waals surface area contributed by atoms with Crippen LogP contribution in [0.2, 0.25) is 0 Å². The summed E-state index contributed by atoms with van der Waals surface area (Å²) in [6.07, 6.45) is 0. The zero-order chi connectivity index (χ0) is 14.0. The molecule has 0 bridgehead atoms. The zero-order valence-corrected chi connectivity index (χ0v) is 10.6. The lowest BCUT2D eigenvalue weighted by Crippen LogP contribution is -2.16. The molecular formula is C12H14N4O3. The third-order valence-corrected chi connectivity index (χ3v) is 2.79. The van der Waals surface area contributed by atoms with Crippen LogP contribution in [-0.2, 0) is 0 Å². The van der Waals surface area contributed by atoms with Crippen LogP contribution in [0.5, 0.6) is 0 Å². The summed E-state index contributed by atoms with van der Waals surface area (Å²) in [6, 6.07) is 5.86. The number of hydrogen-bond acceptors (Lipinski definition) is 6. The van der Waals surface area contributed by atoms with Gasteiger partial charge in [0, 0.05) is 6.07 Å². The molecule has 0 radical (unpaired) electrons. The minimum atomic E-state index is -0.478. The van der Waals surface area contributed by atoms with Crippen molar-refractivity contribution in [3.63, 3.8) is 0 Å². The monoisotopic (exact) mass is 262 g/mol. The van der Waals surface area contributed by atoms with E-state index >= 15 is 0 Å². The Morgan fingerprint density at radius 1 is 1.37 bits per heavy atom. The second-order valence-corrected chi connectivity index (χ2v) is 4.50. The van der Waals surface area contributed by atoms with E-state index in [4.69, 9.17) is 10.3 Å². The fourth-order valence-corrected chi connectivity index (χ4v) is 1.59. The van der Waals surface area contributed by atoms with Crippen LogP contribution in [0.25, 0.3) is 11.4 Å². The van der Waals surface area contributed by atoms with Gasteiger partial charge < -0.3 is 10.3 Å². The van der Waals surface area contributed by atoms with Gasteiger partial charge in [0.05, 0.1) is 11.0 Å². The molecule has 1 atom stereocenters. The summed E-state index contributed by atoms with van der Waals surface area (Å²) in [5.74, 6) is 0.598. The summed E-state index contributed by atoms with van der Waals surface area (Å²) in [5.41, 5.74) is 6.15. The normalized spacial score (nSPS) is 12.6. The summed E-state index contributed by atoms with van der Waals surface area (Å²) in [5, 5.41) is 14.7. The molecule has 1 heterocycles. The number of hydrogen-bond donors (Lipinski definition) is 1. The van der Waals surface area contributed by atoms with E-state index in [-0.39, 0.29) is 29.4 Å². The summed E-state index contributed by atoms with van der Waals surface area (Å²) < 4.78 is 5.07.